The number of hydrogen-bond acceptors (Lipinski definition) is 2. The van der Waals surface area contributed by atoms with Crippen LogP contribution in [-0.4, -0.2) is 5.91 Å². The van der Waals surface area contributed by atoms with Gasteiger partial charge in [0, 0.05) is 16.8 Å². The molecule has 3 N–H and O–H groups in total. The Labute approximate surface area is 121 Å². The van der Waals surface area contributed by atoms with E-state index in [-0.39, 0.29) is 5.56 Å². The van der Waals surface area contributed by atoms with Crippen molar-refractivity contribution in [2.45, 2.75) is 19.9 Å². The second-order valence-corrected chi connectivity index (χ2v) is 4.90. The maximum atomic E-state index is 13.7. The van der Waals surface area contributed by atoms with Crippen molar-refractivity contribution in [3.63, 3.8) is 0 Å². The van der Waals surface area contributed by atoms with Crippen LogP contribution in [0.15, 0.2) is 36.4 Å². The fraction of sp³-hybridized carbons (Fsp3) is 0.188. The van der Waals surface area contributed by atoms with Crippen molar-refractivity contribution in [3.05, 3.63) is 64.7 Å². The molecule has 2 rings (SSSR count). The summed E-state index contributed by atoms with van der Waals surface area (Å²) in [5, 5.41) is 2.97. The van der Waals surface area contributed by atoms with E-state index in [1.165, 1.54) is 18.2 Å². The number of carbonyl (C=O) groups is 1. The number of rotatable bonds is 4. The van der Waals surface area contributed by atoms with E-state index in [9.17, 15) is 13.6 Å². The summed E-state index contributed by atoms with van der Waals surface area (Å²) < 4.78 is 27.4. The third kappa shape index (κ3) is 3.18. The minimum Gasteiger partial charge on any atom is -0.378 e. The molecule has 0 aliphatic heterocycles. The number of primary amides is 1. The van der Waals surface area contributed by atoms with Crippen LogP contribution < -0.4 is 11.1 Å². The second kappa shape index (κ2) is 5.91. The fourth-order valence-electron chi connectivity index (χ4n) is 2.22. The van der Waals surface area contributed by atoms with Crippen molar-refractivity contribution in [1.82, 2.24) is 0 Å². The number of hydrogen-bond donors (Lipinski definition) is 2. The molecule has 2 aromatic rings. The predicted molar refractivity (Wildman–Crippen MR) is 78.1 cm³/mol. The molecule has 0 saturated carbocycles. The molecular formula is C16H16F2N2O. The summed E-state index contributed by atoms with van der Waals surface area (Å²) in [5.41, 5.74) is 6.94. The van der Waals surface area contributed by atoms with E-state index in [1.807, 2.05) is 0 Å². The molecule has 0 aliphatic carbocycles. The van der Waals surface area contributed by atoms with Crippen LogP contribution in [-0.2, 0) is 0 Å². The zero-order valence-corrected chi connectivity index (χ0v) is 11.8. The molecular weight excluding hydrogens is 274 g/mol. The summed E-state index contributed by atoms with van der Waals surface area (Å²) in [6.07, 6.45) is 0. The number of amides is 1. The Bertz CT molecular complexity index is 666. The minimum atomic E-state index is -0.614. The minimum absolute atomic E-state index is 0.0429. The topological polar surface area (TPSA) is 55.1 Å². The summed E-state index contributed by atoms with van der Waals surface area (Å²) in [4.78, 5) is 11.3. The van der Waals surface area contributed by atoms with Gasteiger partial charge < -0.3 is 11.1 Å². The lowest BCUT2D eigenvalue weighted by atomic mass is 10.0. The number of nitrogens with one attached hydrogen (secondary N) is 1. The van der Waals surface area contributed by atoms with E-state index < -0.39 is 23.6 Å². The van der Waals surface area contributed by atoms with Gasteiger partial charge in [-0.05, 0) is 43.7 Å². The van der Waals surface area contributed by atoms with Crippen LogP contribution in [0.5, 0.6) is 0 Å². The number of anilines is 1. The summed E-state index contributed by atoms with van der Waals surface area (Å²) in [5.74, 6) is -1.77. The van der Waals surface area contributed by atoms with Gasteiger partial charge in [0.2, 0.25) is 5.91 Å². The molecule has 2 aromatic carbocycles. The average Bonchev–Trinajstić information content (AvgIpc) is 2.40. The molecule has 0 heterocycles. The maximum Gasteiger partial charge on any atom is 0.249 e. The Morgan fingerprint density at radius 1 is 1.19 bits per heavy atom. The molecule has 0 radical (unpaired) electrons. The number of halogens is 2. The van der Waals surface area contributed by atoms with Crippen molar-refractivity contribution in [3.8, 4) is 0 Å². The number of benzene rings is 2. The molecule has 0 aliphatic rings. The Morgan fingerprint density at radius 3 is 2.38 bits per heavy atom. The third-order valence-electron chi connectivity index (χ3n) is 3.32. The molecule has 110 valence electrons. The van der Waals surface area contributed by atoms with Gasteiger partial charge in [-0.2, -0.15) is 0 Å². The van der Waals surface area contributed by atoms with Gasteiger partial charge in [-0.15, -0.1) is 0 Å². The quantitative estimate of drug-likeness (QED) is 0.904. The highest BCUT2D eigenvalue weighted by molar-refractivity contribution is 5.95. The average molecular weight is 290 g/mol. The maximum absolute atomic E-state index is 13.7. The first-order valence-corrected chi connectivity index (χ1v) is 6.51. The number of nitrogens with two attached hydrogens (primary N) is 1. The zero-order chi connectivity index (χ0) is 15.6. The molecule has 21 heavy (non-hydrogen) atoms. The smallest absolute Gasteiger partial charge is 0.249 e. The van der Waals surface area contributed by atoms with Crippen LogP contribution >= 0.6 is 0 Å². The monoisotopic (exact) mass is 290 g/mol. The van der Waals surface area contributed by atoms with Crippen molar-refractivity contribution in [2.75, 3.05) is 5.32 Å². The molecule has 1 atom stereocenters. The van der Waals surface area contributed by atoms with Crippen LogP contribution in [0.4, 0.5) is 14.5 Å². The van der Waals surface area contributed by atoms with Crippen LogP contribution in [0.2, 0.25) is 0 Å². The van der Waals surface area contributed by atoms with E-state index in [0.717, 1.165) is 5.56 Å². The second-order valence-electron chi connectivity index (χ2n) is 4.90. The molecule has 0 saturated heterocycles. The van der Waals surface area contributed by atoms with Crippen LogP contribution in [0.3, 0.4) is 0 Å². The lowest BCUT2D eigenvalue weighted by molar-refractivity contribution is 0.0999. The Hall–Kier alpha value is -2.43. The fourth-order valence-corrected chi connectivity index (χ4v) is 2.22. The first kappa shape index (κ1) is 15.0. The van der Waals surface area contributed by atoms with Crippen molar-refractivity contribution in [2.24, 2.45) is 5.73 Å². The number of carbonyl (C=O) groups excluding carboxylic acids is 1. The van der Waals surface area contributed by atoms with Crippen molar-refractivity contribution >= 4 is 11.6 Å². The van der Waals surface area contributed by atoms with E-state index in [2.05, 4.69) is 5.32 Å². The molecule has 1 amide bonds. The van der Waals surface area contributed by atoms with Gasteiger partial charge in [0.25, 0.3) is 0 Å². The SMILES string of the molecule is Cc1ccc(N[C@@H](C)c2c(F)cccc2F)cc1C(N)=O. The van der Waals surface area contributed by atoms with Gasteiger partial charge >= 0.3 is 0 Å². The third-order valence-corrected chi connectivity index (χ3v) is 3.32. The van der Waals surface area contributed by atoms with Crippen molar-refractivity contribution < 1.29 is 13.6 Å². The molecule has 0 fully saturated rings. The highest BCUT2D eigenvalue weighted by atomic mass is 19.1. The van der Waals surface area contributed by atoms with E-state index in [4.69, 9.17) is 5.73 Å². The lowest BCUT2D eigenvalue weighted by Gasteiger charge is -2.18. The predicted octanol–water partition coefficient (Wildman–Crippen LogP) is 3.55. The molecule has 0 spiro atoms. The molecule has 0 bridgehead atoms. The summed E-state index contributed by atoms with van der Waals surface area (Å²) in [6, 6.07) is 8.19. The van der Waals surface area contributed by atoms with Crippen molar-refractivity contribution in [1.29, 1.82) is 0 Å². The zero-order valence-electron chi connectivity index (χ0n) is 11.8. The Morgan fingerprint density at radius 2 is 1.81 bits per heavy atom. The normalized spacial score (nSPS) is 12.0. The van der Waals surface area contributed by atoms with E-state index in [0.29, 0.717) is 11.3 Å². The Balaban J connectivity index is 2.30. The first-order chi connectivity index (χ1) is 9.90. The molecule has 5 heteroatoms. The highest BCUT2D eigenvalue weighted by Crippen LogP contribution is 2.25. The summed E-state index contributed by atoms with van der Waals surface area (Å²) in [6.45, 7) is 3.41. The van der Waals surface area contributed by atoms with Crippen LogP contribution in [0, 0.1) is 18.6 Å². The first-order valence-electron chi connectivity index (χ1n) is 6.51. The van der Waals surface area contributed by atoms with Gasteiger partial charge in [0.15, 0.2) is 0 Å². The van der Waals surface area contributed by atoms with Gasteiger partial charge in [-0.25, -0.2) is 8.78 Å². The van der Waals surface area contributed by atoms with E-state index in [1.54, 1.807) is 32.0 Å². The largest absolute Gasteiger partial charge is 0.378 e. The standard InChI is InChI=1S/C16H16F2N2O/c1-9-6-7-11(8-12(9)16(19)21)20-10(2)15-13(17)4-3-5-14(15)18/h3-8,10,20H,1-2H3,(H2,19,21)/t10-/m0/s1. The summed E-state index contributed by atoms with van der Waals surface area (Å²) >= 11 is 0. The van der Waals surface area contributed by atoms with Gasteiger partial charge in [-0.1, -0.05) is 12.1 Å². The number of aryl methyl sites for hydroxylation is 1. The van der Waals surface area contributed by atoms with Gasteiger partial charge in [-0.3, -0.25) is 4.79 Å². The molecule has 0 aromatic heterocycles. The van der Waals surface area contributed by atoms with Crippen LogP contribution in [0.1, 0.15) is 34.5 Å². The molecule has 0 unspecified atom stereocenters. The summed E-state index contributed by atoms with van der Waals surface area (Å²) in [7, 11) is 0. The van der Waals surface area contributed by atoms with Gasteiger partial charge in [0.05, 0.1) is 6.04 Å². The van der Waals surface area contributed by atoms with Crippen LogP contribution in [0.25, 0.3) is 0 Å². The highest BCUT2D eigenvalue weighted by Gasteiger charge is 2.16. The van der Waals surface area contributed by atoms with Gasteiger partial charge in [0.1, 0.15) is 11.6 Å². The molecule has 3 nitrogen and oxygen atoms in total. The Kier molecular flexibility index (Phi) is 4.21. The van der Waals surface area contributed by atoms with E-state index >= 15 is 0 Å². The lowest BCUT2D eigenvalue weighted by Crippen LogP contribution is -2.15.